The number of carbonyl (C=O) groups excluding carboxylic acids is 2. The average molecular weight is 296 g/mol. The van der Waals surface area contributed by atoms with Gasteiger partial charge in [0.05, 0.1) is 7.11 Å². The Bertz CT molecular complexity index is 507. The molecule has 2 atom stereocenters. The molecule has 0 fully saturated rings. The molecule has 0 aliphatic rings. The largest absolute Gasteiger partial charge is 0.467 e. The molecule has 2 unspecified atom stereocenters. The first-order valence-electron chi connectivity index (χ1n) is 6.66. The normalized spacial score (nSPS) is 13.6. The summed E-state index contributed by atoms with van der Waals surface area (Å²) < 4.78 is 18.5. The molecule has 5 nitrogen and oxygen atoms in total. The van der Waals surface area contributed by atoms with E-state index in [1.165, 1.54) is 20.1 Å². The van der Waals surface area contributed by atoms with Gasteiger partial charge in [0.1, 0.15) is 11.9 Å². The summed E-state index contributed by atoms with van der Waals surface area (Å²) in [6.45, 7) is 3.39. The zero-order chi connectivity index (χ0) is 16.0. The molecule has 21 heavy (non-hydrogen) atoms. The van der Waals surface area contributed by atoms with Crippen LogP contribution in [0.3, 0.4) is 0 Å². The Morgan fingerprint density at radius 1 is 1.38 bits per heavy atom. The molecular formula is C15H21FN2O3. The van der Waals surface area contributed by atoms with Gasteiger partial charge in [-0.25, -0.2) is 9.18 Å². The number of halogens is 1. The third-order valence-corrected chi connectivity index (χ3v) is 3.35. The molecule has 6 heteroatoms. The van der Waals surface area contributed by atoms with E-state index in [0.29, 0.717) is 5.56 Å². The highest BCUT2D eigenvalue weighted by Crippen LogP contribution is 2.21. The topological polar surface area (TPSA) is 58.6 Å². The maximum absolute atomic E-state index is 13.8. The fourth-order valence-corrected chi connectivity index (χ4v) is 2.06. The van der Waals surface area contributed by atoms with Gasteiger partial charge in [0, 0.05) is 25.1 Å². The third-order valence-electron chi connectivity index (χ3n) is 3.35. The van der Waals surface area contributed by atoms with Crippen molar-refractivity contribution in [2.24, 2.45) is 0 Å². The van der Waals surface area contributed by atoms with Crippen molar-refractivity contribution in [2.75, 3.05) is 20.7 Å². The molecule has 116 valence electrons. The second-order valence-electron chi connectivity index (χ2n) is 4.91. The van der Waals surface area contributed by atoms with E-state index < -0.39 is 12.0 Å². The van der Waals surface area contributed by atoms with Crippen LogP contribution in [0.4, 0.5) is 4.39 Å². The zero-order valence-corrected chi connectivity index (χ0v) is 12.7. The predicted molar refractivity (Wildman–Crippen MR) is 77.1 cm³/mol. The highest BCUT2D eigenvalue weighted by molar-refractivity contribution is 5.83. The van der Waals surface area contributed by atoms with Gasteiger partial charge in [0.15, 0.2) is 0 Å². The van der Waals surface area contributed by atoms with Crippen molar-refractivity contribution < 1.29 is 18.7 Å². The lowest BCUT2D eigenvalue weighted by atomic mass is 10.1. The van der Waals surface area contributed by atoms with E-state index in [1.54, 1.807) is 30.1 Å². The fraction of sp³-hybridized carbons (Fsp3) is 0.467. The second kappa shape index (κ2) is 7.73. The fourth-order valence-electron chi connectivity index (χ4n) is 2.06. The summed E-state index contributed by atoms with van der Waals surface area (Å²) in [5, 5.41) is 2.53. The van der Waals surface area contributed by atoms with Gasteiger partial charge < -0.3 is 10.1 Å². The van der Waals surface area contributed by atoms with Crippen LogP contribution in [0, 0.1) is 5.82 Å². The molecule has 1 aromatic carbocycles. The zero-order valence-electron chi connectivity index (χ0n) is 12.7. The van der Waals surface area contributed by atoms with Gasteiger partial charge in [-0.3, -0.25) is 9.69 Å². The lowest BCUT2D eigenvalue weighted by Crippen LogP contribution is -2.48. The van der Waals surface area contributed by atoms with E-state index in [-0.39, 0.29) is 24.3 Å². The van der Waals surface area contributed by atoms with Crippen LogP contribution in [0.25, 0.3) is 0 Å². The summed E-state index contributed by atoms with van der Waals surface area (Å²) in [6.07, 6.45) is 0. The summed E-state index contributed by atoms with van der Waals surface area (Å²) in [6, 6.07) is 5.45. The number of hydrogen-bond acceptors (Lipinski definition) is 4. The van der Waals surface area contributed by atoms with Gasteiger partial charge >= 0.3 is 5.97 Å². The molecule has 0 aromatic heterocycles. The average Bonchev–Trinajstić information content (AvgIpc) is 2.44. The van der Waals surface area contributed by atoms with Gasteiger partial charge in [0.25, 0.3) is 0 Å². The monoisotopic (exact) mass is 296 g/mol. The van der Waals surface area contributed by atoms with Crippen LogP contribution in [0.1, 0.15) is 25.5 Å². The van der Waals surface area contributed by atoms with Gasteiger partial charge in [-0.15, -0.1) is 0 Å². The number of nitrogens with one attached hydrogen (secondary N) is 1. The molecular weight excluding hydrogens is 275 g/mol. The van der Waals surface area contributed by atoms with Crippen molar-refractivity contribution in [2.45, 2.75) is 25.9 Å². The molecule has 0 spiro atoms. The van der Waals surface area contributed by atoms with E-state index in [1.807, 2.05) is 6.92 Å². The van der Waals surface area contributed by atoms with Gasteiger partial charge in [-0.1, -0.05) is 18.2 Å². The van der Waals surface area contributed by atoms with Crippen LogP contribution in [0.5, 0.6) is 0 Å². The SMILES string of the molecule is COC(=O)C(CN(C)C(C)c1ccccc1F)NC(C)=O. The summed E-state index contributed by atoms with van der Waals surface area (Å²) >= 11 is 0. The third kappa shape index (κ3) is 4.82. The first-order valence-corrected chi connectivity index (χ1v) is 6.66. The molecule has 0 radical (unpaired) electrons. The van der Waals surface area contributed by atoms with Crippen LogP contribution in [0.2, 0.25) is 0 Å². The number of esters is 1. The highest BCUT2D eigenvalue weighted by Gasteiger charge is 2.25. The Hall–Kier alpha value is -1.95. The van der Waals surface area contributed by atoms with Crippen LogP contribution in [-0.4, -0.2) is 43.5 Å². The minimum absolute atomic E-state index is 0.224. The van der Waals surface area contributed by atoms with E-state index >= 15 is 0 Å². The molecule has 0 aliphatic carbocycles. The standard InChI is InChI=1S/C15H21FN2O3/c1-10(12-7-5-6-8-13(12)16)18(3)9-14(15(20)21-4)17-11(2)19/h5-8,10,14H,9H2,1-4H3,(H,17,19). The van der Waals surface area contributed by atoms with Crippen molar-refractivity contribution in [3.8, 4) is 0 Å². The first-order chi connectivity index (χ1) is 9.86. The van der Waals surface area contributed by atoms with Crippen LogP contribution in [0.15, 0.2) is 24.3 Å². The lowest BCUT2D eigenvalue weighted by molar-refractivity contribution is -0.145. The Labute approximate surface area is 124 Å². The Morgan fingerprint density at radius 2 is 2.00 bits per heavy atom. The van der Waals surface area contributed by atoms with Crippen molar-refractivity contribution in [3.63, 3.8) is 0 Å². The van der Waals surface area contributed by atoms with Crippen molar-refractivity contribution in [1.29, 1.82) is 0 Å². The Kier molecular flexibility index (Phi) is 6.30. The van der Waals surface area contributed by atoms with E-state index in [4.69, 9.17) is 0 Å². The number of benzene rings is 1. The summed E-state index contributed by atoms with van der Waals surface area (Å²) in [4.78, 5) is 24.6. The molecule has 0 heterocycles. The summed E-state index contributed by atoms with van der Waals surface area (Å²) in [5.41, 5.74) is 0.534. The highest BCUT2D eigenvalue weighted by atomic mass is 19.1. The minimum atomic E-state index is -0.785. The number of carbonyl (C=O) groups is 2. The number of likely N-dealkylation sites (N-methyl/N-ethyl adjacent to an activating group) is 1. The quantitative estimate of drug-likeness (QED) is 0.808. The number of ether oxygens (including phenoxy) is 1. The second-order valence-corrected chi connectivity index (χ2v) is 4.91. The molecule has 1 amide bonds. The Balaban J connectivity index is 2.81. The van der Waals surface area contributed by atoms with E-state index in [2.05, 4.69) is 10.1 Å². The molecule has 0 bridgehead atoms. The molecule has 1 aromatic rings. The number of nitrogens with zero attached hydrogens (tertiary/aromatic N) is 1. The lowest BCUT2D eigenvalue weighted by Gasteiger charge is -2.28. The van der Waals surface area contributed by atoms with Crippen molar-refractivity contribution in [3.05, 3.63) is 35.6 Å². The number of hydrogen-bond donors (Lipinski definition) is 1. The summed E-state index contributed by atoms with van der Waals surface area (Å²) in [5.74, 6) is -1.15. The maximum Gasteiger partial charge on any atom is 0.329 e. The van der Waals surface area contributed by atoms with Crippen molar-refractivity contribution >= 4 is 11.9 Å². The number of amides is 1. The maximum atomic E-state index is 13.8. The van der Waals surface area contributed by atoms with Crippen LogP contribution < -0.4 is 5.32 Å². The summed E-state index contributed by atoms with van der Waals surface area (Å²) in [7, 11) is 3.02. The smallest absolute Gasteiger partial charge is 0.329 e. The first kappa shape index (κ1) is 17.1. The number of rotatable bonds is 6. The number of methoxy groups -OCH3 is 1. The van der Waals surface area contributed by atoms with Crippen LogP contribution in [-0.2, 0) is 14.3 Å². The van der Waals surface area contributed by atoms with E-state index in [9.17, 15) is 14.0 Å². The van der Waals surface area contributed by atoms with Crippen molar-refractivity contribution in [1.82, 2.24) is 10.2 Å². The minimum Gasteiger partial charge on any atom is -0.467 e. The molecule has 1 rings (SSSR count). The molecule has 1 N–H and O–H groups in total. The van der Waals surface area contributed by atoms with E-state index in [0.717, 1.165) is 0 Å². The predicted octanol–water partition coefficient (Wildman–Crippen LogP) is 1.50. The Morgan fingerprint density at radius 3 is 2.52 bits per heavy atom. The van der Waals surface area contributed by atoms with Crippen LogP contribution >= 0.6 is 0 Å². The van der Waals surface area contributed by atoms with Gasteiger partial charge in [-0.05, 0) is 20.0 Å². The molecule has 0 aliphatic heterocycles. The van der Waals surface area contributed by atoms with Gasteiger partial charge in [0.2, 0.25) is 5.91 Å². The van der Waals surface area contributed by atoms with Gasteiger partial charge in [-0.2, -0.15) is 0 Å². The molecule has 0 saturated carbocycles. The molecule has 0 saturated heterocycles.